The molecule has 2 heterocycles. The lowest BCUT2D eigenvalue weighted by Crippen LogP contribution is -2.41. The summed E-state index contributed by atoms with van der Waals surface area (Å²) < 4.78 is 11.0. The molecule has 5 rings (SSSR count). The monoisotopic (exact) mass is 605 g/mol. The summed E-state index contributed by atoms with van der Waals surface area (Å²) in [5.41, 5.74) is 9.04. The maximum Gasteiger partial charge on any atom is 0.338 e. The largest absolute Gasteiger partial charge is 0.494 e. The maximum atomic E-state index is 13.2. The highest BCUT2D eigenvalue weighted by Gasteiger charge is 2.45. The predicted molar refractivity (Wildman–Crippen MR) is 166 cm³/mol. The highest BCUT2D eigenvalue weighted by atomic mass is 16.5. The number of carbonyl (C=O) groups is 4. The number of esters is 1. The van der Waals surface area contributed by atoms with Crippen molar-refractivity contribution in [3.8, 4) is 5.75 Å². The molecule has 2 aromatic carbocycles. The second-order valence-corrected chi connectivity index (χ2v) is 12.1. The van der Waals surface area contributed by atoms with Gasteiger partial charge in [-0.2, -0.15) is 0 Å². The molecule has 2 aromatic rings. The van der Waals surface area contributed by atoms with Crippen molar-refractivity contribution < 1.29 is 28.7 Å². The summed E-state index contributed by atoms with van der Waals surface area (Å²) in [4.78, 5) is 53.1. The van der Waals surface area contributed by atoms with Crippen molar-refractivity contribution >= 4 is 29.5 Å². The number of amides is 4. The van der Waals surface area contributed by atoms with Gasteiger partial charge in [-0.05, 0) is 105 Å². The average Bonchev–Trinajstić information content (AvgIpc) is 3.81. The third-order valence-corrected chi connectivity index (χ3v) is 8.97. The van der Waals surface area contributed by atoms with Gasteiger partial charge in [0.2, 0.25) is 5.91 Å². The number of hydrogen-bond acceptors (Lipinski definition) is 7. The van der Waals surface area contributed by atoms with Gasteiger partial charge in [-0.15, -0.1) is 0 Å². The Hall–Kier alpha value is -4.12. The molecule has 11 heteroatoms. The number of carbonyl (C=O) groups excluding carboxylic acids is 4. The number of nitrogens with zero attached hydrogens (tertiary/aromatic N) is 2. The third kappa shape index (κ3) is 7.32. The summed E-state index contributed by atoms with van der Waals surface area (Å²) in [5.74, 6) is 0.725. The Morgan fingerprint density at radius 2 is 1.75 bits per heavy atom. The van der Waals surface area contributed by atoms with Crippen LogP contribution in [0.15, 0.2) is 36.4 Å². The number of methoxy groups -OCH3 is 1. The van der Waals surface area contributed by atoms with E-state index in [1.807, 2.05) is 30.0 Å². The van der Waals surface area contributed by atoms with Gasteiger partial charge in [0.25, 0.3) is 5.91 Å². The van der Waals surface area contributed by atoms with Crippen molar-refractivity contribution in [1.29, 1.82) is 0 Å². The highest BCUT2D eigenvalue weighted by Crippen LogP contribution is 2.45. The van der Waals surface area contributed by atoms with Gasteiger partial charge in [-0.25, -0.2) is 9.59 Å². The molecule has 44 heavy (non-hydrogen) atoms. The maximum absolute atomic E-state index is 13.2. The fraction of sp³-hybridized carbons (Fsp3) is 0.515. The summed E-state index contributed by atoms with van der Waals surface area (Å²) in [5, 5.41) is 5.32. The van der Waals surface area contributed by atoms with Crippen molar-refractivity contribution in [2.24, 2.45) is 11.1 Å². The van der Waals surface area contributed by atoms with Gasteiger partial charge >= 0.3 is 12.0 Å². The van der Waals surface area contributed by atoms with E-state index in [1.54, 1.807) is 12.1 Å². The van der Waals surface area contributed by atoms with Gasteiger partial charge < -0.3 is 30.7 Å². The molecule has 0 unspecified atom stereocenters. The molecule has 2 aliphatic heterocycles. The summed E-state index contributed by atoms with van der Waals surface area (Å²) in [6, 6.07) is 10.6. The SMILES string of the molecule is CCOc1cc(C(=O)OC)c(C2CC2)cc1CN1CCC2(CC1)CC(=O)N(c1ccc(C(=O)NCCCNC(N)=O)cc1)C2. The molecule has 4 amide bonds. The Balaban J connectivity index is 1.17. The number of primary amides is 1. The molecule has 1 saturated carbocycles. The lowest BCUT2D eigenvalue weighted by molar-refractivity contribution is -0.118. The van der Waals surface area contributed by atoms with E-state index >= 15 is 0 Å². The second-order valence-electron chi connectivity index (χ2n) is 12.1. The zero-order valence-corrected chi connectivity index (χ0v) is 25.7. The van der Waals surface area contributed by atoms with Gasteiger partial charge in [0.1, 0.15) is 5.75 Å². The number of rotatable bonds is 12. The quantitative estimate of drug-likeness (QED) is 0.248. The fourth-order valence-electron chi connectivity index (χ4n) is 6.36. The minimum absolute atomic E-state index is 0.0702. The average molecular weight is 606 g/mol. The first-order chi connectivity index (χ1) is 21.2. The fourth-order valence-corrected chi connectivity index (χ4v) is 6.36. The molecule has 1 spiro atoms. The Kier molecular flexibility index (Phi) is 9.73. The van der Waals surface area contributed by atoms with E-state index in [4.69, 9.17) is 15.2 Å². The molecular weight excluding hydrogens is 562 g/mol. The van der Waals surface area contributed by atoms with E-state index in [9.17, 15) is 19.2 Å². The summed E-state index contributed by atoms with van der Waals surface area (Å²) in [6.45, 7) is 6.41. The molecule has 236 valence electrons. The number of ether oxygens (including phenoxy) is 2. The Morgan fingerprint density at radius 1 is 1.05 bits per heavy atom. The van der Waals surface area contributed by atoms with Gasteiger partial charge in [0.15, 0.2) is 0 Å². The Morgan fingerprint density at radius 3 is 2.39 bits per heavy atom. The van der Waals surface area contributed by atoms with Crippen molar-refractivity contribution in [2.45, 2.75) is 57.9 Å². The zero-order chi connectivity index (χ0) is 31.3. The van der Waals surface area contributed by atoms with E-state index in [1.165, 1.54) is 7.11 Å². The van der Waals surface area contributed by atoms with E-state index < -0.39 is 6.03 Å². The first-order valence-electron chi connectivity index (χ1n) is 15.5. The topological polar surface area (TPSA) is 143 Å². The van der Waals surface area contributed by atoms with Crippen LogP contribution in [-0.4, -0.2) is 75.2 Å². The van der Waals surface area contributed by atoms with E-state index in [0.717, 1.165) is 67.9 Å². The second kappa shape index (κ2) is 13.7. The first-order valence-corrected chi connectivity index (χ1v) is 15.5. The number of likely N-dealkylation sites (tertiary alicyclic amines) is 1. The number of nitrogens with one attached hydrogen (secondary N) is 2. The molecule has 0 radical (unpaired) electrons. The van der Waals surface area contributed by atoms with Crippen LogP contribution in [0.3, 0.4) is 0 Å². The number of urea groups is 1. The minimum atomic E-state index is -0.585. The highest BCUT2D eigenvalue weighted by molar-refractivity contribution is 5.98. The Labute approximate surface area is 258 Å². The molecule has 11 nitrogen and oxygen atoms in total. The van der Waals surface area contributed by atoms with Crippen molar-refractivity contribution in [3.63, 3.8) is 0 Å². The number of piperidine rings is 1. The standard InChI is InChI=1S/C33H43N5O6/c1-3-44-28-18-27(31(41)43-2)26(22-5-6-22)17-24(28)20-37-15-11-33(12-16-37)19-29(39)38(21-33)25-9-7-23(8-10-25)30(40)35-13-4-14-36-32(34)42/h7-10,17-18,22H,3-6,11-16,19-21H2,1-2H3,(H,35,40)(H3,34,36,42). The minimum Gasteiger partial charge on any atom is -0.494 e. The molecule has 0 aromatic heterocycles. The molecule has 1 aliphatic carbocycles. The van der Waals surface area contributed by atoms with Crippen LogP contribution in [0.25, 0.3) is 0 Å². The zero-order valence-electron chi connectivity index (χ0n) is 25.7. The van der Waals surface area contributed by atoms with Crippen LogP contribution in [0.5, 0.6) is 5.75 Å². The van der Waals surface area contributed by atoms with Gasteiger partial charge in [0, 0.05) is 49.4 Å². The van der Waals surface area contributed by atoms with Crippen LogP contribution in [0.2, 0.25) is 0 Å². The number of nitrogens with two attached hydrogens (primary N) is 1. The molecule has 3 aliphatic rings. The first kappa shape index (κ1) is 31.3. The summed E-state index contributed by atoms with van der Waals surface area (Å²) in [7, 11) is 1.41. The summed E-state index contributed by atoms with van der Waals surface area (Å²) in [6.07, 6.45) is 5.10. The van der Waals surface area contributed by atoms with E-state index in [0.29, 0.717) is 56.1 Å². The lowest BCUT2D eigenvalue weighted by Gasteiger charge is -2.39. The van der Waals surface area contributed by atoms with E-state index in [-0.39, 0.29) is 23.2 Å². The van der Waals surface area contributed by atoms with Crippen LogP contribution in [0.1, 0.15) is 83.2 Å². The molecule has 0 atom stereocenters. The number of hydrogen-bond donors (Lipinski definition) is 3. The molecule has 0 bridgehead atoms. The normalized spacial score (nSPS) is 17.9. The van der Waals surface area contributed by atoms with Gasteiger partial charge in [0.05, 0.1) is 19.3 Å². The van der Waals surface area contributed by atoms with E-state index in [2.05, 4.69) is 21.6 Å². The lowest BCUT2D eigenvalue weighted by atomic mass is 9.77. The molecular formula is C33H43N5O6. The van der Waals surface area contributed by atoms with Crippen LogP contribution < -0.4 is 26.0 Å². The molecule has 3 fully saturated rings. The van der Waals surface area contributed by atoms with Crippen molar-refractivity contribution in [1.82, 2.24) is 15.5 Å². The van der Waals surface area contributed by atoms with Crippen LogP contribution in [0.4, 0.5) is 10.5 Å². The van der Waals surface area contributed by atoms with Crippen LogP contribution >= 0.6 is 0 Å². The Bertz CT molecular complexity index is 1380. The van der Waals surface area contributed by atoms with Crippen LogP contribution in [0, 0.1) is 5.41 Å². The van der Waals surface area contributed by atoms with Gasteiger partial charge in [-0.1, -0.05) is 0 Å². The smallest absolute Gasteiger partial charge is 0.338 e. The van der Waals surface area contributed by atoms with Gasteiger partial charge in [-0.3, -0.25) is 14.5 Å². The number of benzene rings is 2. The third-order valence-electron chi connectivity index (χ3n) is 8.97. The van der Waals surface area contributed by atoms with Crippen LogP contribution in [-0.2, 0) is 16.1 Å². The predicted octanol–water partition coefficient (Wildman–Crippen LogP) is 3.56. The summed E-state index contributed by atoms with van der Waals surface area (Å²) >= 11 is 0. The van der Waals surface area contributed by atoms with Crippen molar-refractivity contribution in [3.05, 3.63) is 58.7 Å². The van der Waals surface area contributed by atoms with Crippen molar-refractivity contribution in [2.75, 3.05) is 51.3 Å². The molecule has 4 N–H and O–H groups in total. The number of anilines is 1. The molecule has 2 saturated heterocycles.